The van der Waals surface area contributed by atoms with Crippen LogP contribution in [0.4, 0.5) is 10.1 Å². The van der Waals surface area contributed by atoms with Crippen LogP contribution >= 0.6 is 11.6 Å². The van der Waals surface area contributed by atoms with Gasteiger partial charge in [-0.15, -0.1) is 0 Å². The van der Waals surface area contributed by atoms with Crippen LogP contribution < -0.4 is 5.32 Å². The highest BCUT2D eigenvalue weighted by molar-refractivity contribution is 6.34. The molecule has 2 aromatic carbocycles. The van der Waals surface area contributed by atoms with Gasteiger partial charge in [0, 0.05) is 11.8 Å². The van der Waals surface area contributed by atoms with Gasteiger partial charge in [0.1, 0.15) is 11.3 Å². The molecule has 1 aromatic heterocycles. The zero-order chi connectivity index (χ0) is 13.2. The summed E-state index contributed by atoms with van der Waals surface area (Å²) in [4.78, 5) is 4.20. The van der Waals surface area contributed by atoms with Gasteiger partial charge in [-0.25, -0.2) is 9.37 Å². The molecule has 0 fully saturated rings. The fourth-order valence-electron chi connectivity index (χ4n) is 1.82. The van der Waals surface area contributed by atoms with Crippen molar-refractivity contribution in [2.75, 3.05) is 5.32 Å². The van der Waals surface area contributed by atoms with Crippen molar-refractivity contribution in [2.24, 2.45) is 0 Å². The van der Waals surface area contributed by atoms with Gasteiger partial charge in [-0.1, -0.05) is 29.8 Å². The number of hydrogen-bond donors (Lipinski definition) is 1. The molecule has 0 bridgehead atoms. The fraction of sp³-hybridized carbons (Fsp3) is 0.0714. The average molecular weight is 277 g/mol. The van der Waals surface area contributed by atoms with Gasteiger partial charge >= 0.3 is 0 Å². The first-order valence-electron chi connectivity index (χ1n) is 5.76. The number of nitrogens with one attached hydrogen (secondary N) is 1. The highest BCUT2D eigenvalue weighted by atomic mass is 35.5. The molecule has 0 spiro atoms. The van der Waals surface area contributed by atoms with E-state index in [0.717, 1.165) is 5.69 Å². The number of benzene rings is 2. The lowest BCUT2D eigenvalue weighted by Crippen LogP contribution is -1.98. The Balaban J connectivity index is 1.84. The second-order valence-corrected chi connectivity index (χ2v) is 4.47. The highest BCUT2D eigenvalue weighted by Gasteiger charge is 2.10. The Hall–Kier alpha value is -2.07. The molecule has 1 N–H and O–H groups in total. The lowest BCUT2D eigenvalue weighted by molar-refractivity contribution is 0.540. The molecule has 96 valence electrons. The van der Waals surface area contributed by atoms with E-state index >= 15 is 0 Å². The molecule has 3 nitrogen and oxygen atoms in total. The summed E-state index contributed by atoms with van der Waals surface area (Å²) in [7, 11) is 0. The van der Waals surface area contributed by atoms with Crippen molar-refractivity contribution in [3.8, 4) is 0 Å². The van der Waals surface area contributed by atoms with E-state index in [-0.39, 0.29) is 5.02 Å². The Morgan fingerprint density at radius 2 is 2.00 bits per heavy atom. The standard InChI is InChI=1S/C14H10ClFN2O/c15-11-6-9(16)7-12-14(11)19-13(18-12)8-17-10-4-2-1-3-5-10/h1-7,17H,8H2. The summed E-state index contributed by atoms with van der Waals surface area (Å²) in [5.74, 6) is 0.0414. The topological polar surface area (TPSA) is 38.1 Å². The summed E-state index contributed by atoms with van der Waals surface area (Å²) in [6, 6.07) is 12.2. The SMILES string of the molecule is Fc1cc(Cl)c2oc(CNc3ccccc3)nc2c1. The van der Waals surface area contributed by atoms with E-state index in [0.29, 0.717) is 23.5 Å². The minimum atomic E-state index is -0.423. The number of oxazole rings is 1. The van der Waals surface area contributed by atoms with Gasteiger partial charge in [-0.2, -0.15) is 0 Å². The molecular weight excluding hydrogens is 267 g/mol. The minimum Gasteiger partial charge on any atom is -0.437 e. The third-order valence-corrected chi connectivity index (χ3v) is 2.95. The van der Waals surface area contributed by atoms with Gasteiger partial charge in [0.25, 0.3) is 0 Å². The number of hydrogen-bond acceptors (Lipinski definition) is 3. The third-order valence-electron chi connectivity index (χ3n) is 2.67. The molecule has 0 amide bonds. The van der Waals surface area contributed by atoms with E-state index in [9.17, 15) is 4.39 Å². The normalized spacial score (nSPS) is 10.8. The molecule has 3 aromatic rings. The van der Waals surface area contributed by atoms with Crippen LogP contribution in [0.3, 0.4) is 0 Å². The Morgan fingerprint density at radius 1 is 1.21 bits per heavy atom. The number of halogens is 2. The molecule has 19 heavy (non-hydrogen) atoms. The van der Waals surface area contributed by atoms with Gasteiger partial charge in [-0.05, 0) is 18.2 Å². The maximum atomic E-state index is 13.2. The predicted molar refractivity (Wildman–Crippen MR) is 72.7 cm³/mol. The van der Waals surface area contributed by atoms with Gasteiger partial charge in [-0.3, -0.25) is 0 Å². The highest BCUT2D eigenvalue weighted by Crippen LogP contribution is 2.26. The summed E-state index contributed by atoms with van der Waals surface area (Å²) in [6.45, 7) is 0.413. The van der Waals surface area contributed by atoms with Crippen LogP contribution in [-0.2, 0) is 6.54 Å². The van der Waals surface area contributed by atoms with E-state index in [2.05, 4.69) is 10.3 Å². The molecule has 5 heteroatoms. The number of para-hydroxylation sites is 1. The second kappa shape index (κ2) is 4.90. The summed E-state index contributed by atoms with van der Waals surface area (Å²) >= 11 is 5.90. The predicted octanol–water partition coefficient (Wildman–Crippen LogP) is 4.23. The first-order valence-corrected chi connectivity index (χ1v) is 6.13. The van der Waals surface area contributed by atoms with E-state index in [1.54, 1.807) is 0 Å². The smallest absolute Gasteiger partial charge is 0.214 e. The molecule has 0 aliphatic carbocycles. The Bertz CT molecular complexity index is 712. The van der Waals surface area contributed by atoms with Gasteiger partial charge in [0.2, 0.25) is 5.89 Å². The van der Waals surface area contributed by atoms with Crippen LogP contribution in [0.2, 0.25) is 5.02 Å². The molecule has 0 radical (unpaired) electrons. The van der Waals surface area contributed by atoms with E-state index in [1.807, 2.05) is 30.3 Å². The van der Waals surface area contributed by atoms with Crippen LogP contribution in [0.25, 0.3) is 11.1 Å². The molecule has 0 unspecified atom stereocenters. The van der Waals surface area contributed by atoms with Crippen molar-refractivity contribution in [1.82, 2.24) is 4.98 Å². The van der Waals surface area contributed by atoms with Crippen LogP contribution in [0.1, 0.15) is 5.89 Å². The van der Waals surface area contributed by atoms with Crippen molar-refractivity contribution in [2.45, 2.75) is 6.54 Å². The summed E-state index contributed by atoms with van der Waals surface area (Å²) in [5.41, 5.74) is 1.80. The summed E-state index contributed by atoms with van der Waals surface area (Å²) in [5, 5.41) is 3.39. The Kier molecular flexibility index (Phi) is 3.09. The van der Waals surface area contributed by atoms with Crippen LogP contribution in [0, 0.1) is 5.82 Å². The quantitative estimate of drug-likeness (QED) is 0.778. The number of rotatable bonds is 3. The molecule has 1 heterocycles. The fourth-order valence-corrected chi connectivity index (χ4v) is 2.05. The number of aromatic nitrogens is 1. The number of fused-ring (bicyclic) bond motifs is 1. The maximum Gasteiger partial charge on any atom is 0.214 e. The van der Waals surface area contributed by atoms with Crippen molar-refractivity contribution < 1.29 is 8.81 Å². The molecule has 3 rings (SSSR count). The van der Waals surface area contributed by atoms with E-state index < -0.39 is 5.82 Å². The third kappa shape index (κ3) is 2.53. The van der Waals surface area contributed by atoms with Gasteiger partial charge in [0.05, 0.1) is 11.6 Å². The first kappa shape index (κ1) is 12.0. The van der Waals surface area contributed by atoms with E-state index in [4.69, 9.17) is 16.0 Å². The van der Waals surface area contributed by atoms with Crippen LogP contribution in [-0.4, -0.2) is 4.98 Å². The Morgan fingerprint density at radius 3 is 2.79 bits per heavy atom. The van der Waals surface area contributed by atoms with E-state index in [1.165, 1.54) is 12.1 Å². The molecule has 0 aliphatic rings. The summed E-state index contributed by atoms with van der Waals surface area (Å²) in [6.07, 6.45) is 0. The summed E-state index contributed by atoms with van der Waals surface area (Å²) < 4.78 is 18.7. The van der Waals surface area contributed by atoms with Gasteiger partial charge in [0.15, 0.2) is 5.58 Å². The molecule has 0 aliphatic heterocycles. The maximum absolute atomic E-state index is 13.2. The monoisotopic (exact) mass is 276 g/mol. The number of nitrogens with zero attached hydrogens (tertiary/aromatic N) is 1. The minimum absolute atomic E-state index is 0.230. The molecule has 0 atom stereocenters. The zero-order valence-electron chi connectivity index (χ0n) is 9.86. The molecule has 0 saturated heterocycles. The zero-order valence-corrected chi connectivity index (χ0v) is 10.6. The van der Waals surface area contributed by atoms with Crippen LogP contribution in [0.5, 0.6) is 0 Å². The number of anilines is 1. The lowest BCUT2D eigenvalue weighted by atomic mass is 10.3. The van der Waals surface area contributed by atoms with Crippen LogP contribution in [0.15, 0.2) is 46.9 Å². The second-order valence-electron chi connectivity index (χ2n) is 4.06. The average Bonchev–Trinajstić information content (AvgIpc) is 2.81. The van der Waals surface area contributed by atoms with Gasteiger partial charge < -0.3 is 9.73 Å². The van der Waals surface area contributed by atoms with Crippen molar-refractivity contribution in [3.05, 3.63) is 59.2 Å². The van der Waals surface area contributed by atoms with Crippen molar-refractivity contribution in [1.29, 1.82) is 0 Å². The Labute approximate surface area is 114 Å². The lowest BCUT2D eigenvalue weighted by Gasteiger charge is -2.01. The molecule has 0 saturated carbocycles. The largest absolute Gasteiger partial charge is 0.437 e. The van der Waals surface area contributed by atoms with Crippen molar-refractivity contribution >= 4 is 28.4 Å². The molecular formula is C14H10ClFN2O. The van der Waals surface area contributed by atoms with Crippen molar-refractivity contribution in [3.63, 3.8) is 0 Å². The first-order chi connectivity index (χ1) is 9.22.